The second-order valence-electron chi connectivity index (χ2n) is 2.58. The molecule has 8 heavy (non-hydrogen) atoms. The van der Waals surface area contributed by atoms with Crippen LogP contribution in [-0.4, -0.2) is 10.4 Å². The second-order valence-corrected chi connectivity index (χ2v) is 3.34. The lowest BCUT2D eigenvalue weighted by Gasteiger charge is -2.01. The largest absolute Gasteiger partial charge is 0.255 e. The highest BCUT2D eigenvalue weighted by molar-refractivity contribution is 14.1. The SMILES string of the molecule is CC1(CI)CC1(F)F. The van der Waals surface area contributed by atoms with Gasteiger partial charge in [-0.15, -0.1) is 0 Å². The van der Waals surface area contributed by atoms with Gasteiger partial charge < -0.3 is 0 Å². The molecule has 0 bridgehead atoms. The van der Waals surface area contributed by atoms with Crippen LogP contribution in [0.4, 0.5) is 8.78 Å². The van der Waals surface area contributed by atoms with Crippen LogP contribution in [0.15, 0.2) is 0 Å². The average molecular weight is 232 g/mol. The van der Waals surface area contributed by atoms with Crippen molar-refractivity contribution in [3.05, 3.63) is 0 Å². The molecule has 0 aromatic heterocycles. The summed E-state index contributed by atoms with van der Waals surface area (Å²) in [6, 6.07) is 0. The Bertz CT molecular complexity index is 113. The molecule has 0 radical (unpaired) electrons. The smallest absolute Gasteiger partial charge is 0.206 e. The highest BCUT2D eigenvalue weighted by Crippen LogP contribution is 2.60. The molecule has 0 N–H and O–H groups in total. The fourth-order valence-corrected chi connectivity index (χ4v) is 1.42. The molecule has 0 amide bonds. The lowest BCUT2D eigenvalue weighted by molar-refractivity contribution is 0.0784. The van der Waals surface area contributed by atoms with Gasteiger partial charge in [0.1, 0.15) is 0 Å². The number of halogens is 3. The van der Waals surface area contributed by atoms with Crippen molar-refractivity contribution in [2.45, 2.75) is 19.3 Å². The third kappa shape index (κ3) is 0.748. The molecule has 1 saturated carbocycles. The van der Waals surface area contributed by atoms with E-state index in [0.29, 0.717) is 4.43 Å². The first kappa shape index (κ1) is 6.71. The zero-order valence-corrected chi connectivity index (χ0v) is 6.71. The molecule has 1 fully saturated rings. The molecule has 0 aromatic carbocycles. The Kier molecular flexibility index (Phi) is 1.30. The van der Waals surface area contributed by atoms with Gasteiger partial charge in [0.15, 0.2) is 0 Å². The average Bonchev–Trinajstić information content (AvgIpc) is 2.10. The fourth-order valence-electron chi connectivity index (χ4n) is 0.591. The van der Waals surface area contributed by atoms with Gasteiger partial charge in [-0.3, -0.25) is 0 Å². The molecule has 1 rings (SSSR count). The highest BCUT2D eigenvalue weighted by atomic mass is 127. The summed E-state index contributed by atoms with van der Waals surface area (Å²) in [6.07, 6.45) is 0.0863. The summed E-state index contributed by atoms with van der Waals surface area (Å²) in [7, 11) is 0. The fraction of sp³-hybridized carbons (Fsp3) is 1.00. The van der Waals surface area contributed by atoms with Crippen LogP contribution in [0.25, 0.3) is 0 Å². The maximum atomic E-state index is 12.2. The molecule has 1 atom stereocenters. The Morgan fingerprint density at radius 2 is 2.00 bits per heavy atom. The molecule has 1 unspecified atom stereocenters. The molecule has 0 spiro atoms. The lowest BCUT2D eigenvalue weighted by Crippen LogP contribution is -2.06. The van der Waals surface area contributed by atoms with Gasteiger partial charge in [-0.1, -0.05) is 29.5 Å². The normalized spacial score (nSPS) is 42.0. The second kappa shape index (κ2) is 1.55. The number of hydrogen-bond donors (Lipinski definition) is 0. The van der Waals surface area contributed by atoms with E-state index < -0.39 is 11.3 Å². The summed E-state index contributed by atoms with van der Waals surface area (Å²) in [5.74, 6) is -2.35. The molecule has 48 valence electrons. The Balaban J connectivity index is 2.55. The van der Waals surface area contributed by atoms with Crippen molar-refractivity contribution < 1.29 is 8.78 Å². The number of hydrogen-bond acceptors (Lipinski definition) is 0. The van der Waals surface area contributed by atoms with Crippen LogP contribution < -0.4 is 0 Å². The molecule has 0 heterocycles. The topological polar surface area (TPSA) is 0 Å². The Labute approximate surface area is 60.8 Å². The molecular formula is C5H7F2I. The molecule has 0 nitrogen and oxygen atoms in total. The van der Waals surface area contributed by atoms with Crippen LogP contribution in [0.5, 0.6) is 0 Å². The number of rotatable bonds is 1. The number of alkyl halides is 3. The van der Waals surface area contributed by atoms with E-state index in [4.69, 9.17) is 0 Å². The minimum Gasteiger partial charge on any atom is -0.206 e. The molecule has 0 aliphatic heterocycles. The van der Waals surface area contributed by atoms with Crippen LogP contribution in [0.1, 0.15) is 13.3 Å². The van der Waals surface area contributed by atoms with Crippen molar-refractivity contribution in [3.8, 4) is 0 Å². The first-order valence-corrected chi connectivity index (χ1v) is 3.98. The highest BCUT2D eigenvalue weighted by Gasteiger charge is 2.66. The minimum atomic E-state index is -2.35. The lowest BCUT2D eigenvalue weighted by atomic mass is 10.2. The van der Waals surface area contributed by atoms with Gasteiger partial charge in [0.05, 0.1) is 0 Å². The summed E-state index contributed by atoms with van der Waals surface area (Å²) < 4.78 is 24.9. The van der Waals surface area contributed by atoms with E-state index in [9.17, 15) is 8.78 Å². The quantitative estimate of drug-likeness (QED) is 0.481. The zero-order chi connectivity index (χ0) is 6.41. The van der Waals surface area contributed by atoms with Gasteiger partial charge in [0, 0.05) is 16.3 Å². The van der Waals surface area contributed by atoms with E-state index in [0.717, 1.165) is 0 Å². The van der Waals surface area contributed by atoms with Crippen molar-refractivity contribution in [1.82, 2.24) is 0 Å². The Morgan fingerprint density at radius 1 is 1.62 bits per heavy atom. The van der Waals surface area contributed by atoms with Crippen LogP contribution >= 0.6 is 22.6 Å². The van der Waals surface area contributed by atoms with E-state index in [1.807, 2.05) is 22.6 Å². The maximum absolute atomic E-state index is 12.2. The van der Waals surface area contributed by atoms with Crippen molar-refractivity contribution in [3.63, 3.8) is 0 Å². The van der Waals surface area contributed by atoms with Gasteiger partial charge in [0.2, 0.25) is 0 Å². The Morgan fingerprint density at radius 3 is 2.00 bits per heavy atom. The standard InChI is InChI=1S/C5H7F2I/c1-4(3-8)2-5(4,6)7/h2-3H2,1H3. The van der Waals surface area contributed by atoms with E-state index in [1.54, 1.807) is 6.92 Å². The Hall–Kier alpha value is 0.590. The summed E-state index contributed by atoms with van der Waals surface area (Å²) in [5.41, 5.74) is -0.659. The predicted octanol–water partition coefficient (Wildman–Crippen LogP) is 2.47. The predicted molar refractivity (Wildman–Crippen MR) is 36.6 cm³/mol. The molecule has 1 aliphatic carbocycles. The van der Waals surface area contributed by atoms with E-state index in [-0.39, 0.29) is 6.42 Å². The summed E-state index contributed by atoms with van der Waals surface area (Å²) in [4.78, 5) is 0. The van der Waals surface area contributed by atoms with Crippen LogP contribution in [0.3, 0.4) is 0 Å². The zero-order valence-electron chi connectivity index (χ0n) is 4.55. The van der Waals surface area contributed by atoms with Crippen LogP contribution in [0.2, 0.25) is 0 Å². The van der Waals surface area contributed by atoms with E-state index in [2.05, 4.69) is 0 Å². The minimum absolute atomic E-state index is 0.0863. The van der Waals surface area contributed by atoms with Crippen LogP contribution in [0, 0.1) is 5.41 Å². The third-order valence-electron chi connectivity index (χ3n) is 1.67. The van der Waals surface area contributed by atoms with Gasteiger partial charge in [-0.25, -0.2) is 8.78 Å². The van der Waals surface area contributed by atoms with E-state index >= 15 is 0 Å². The molecule has 0 saturated heterocycles. The van der Waals surface area contributed by atoms with Gasteiger partial charge in [-0.05, 0) is 0 Å². The van der Waals surface area contributed by atoms with Crippen molar-refractivity contribution in [2.24, 2.45) is 5.41 Å². The first-order chi connectivity index (χ1) is 3.52. The van der Waals surface area contributed by atoms with Gasteiger partial charge in [0.25, 0.3) is 5.92 Å². The molecule has 3 heteroatoms. The summed E-state index contributed by atoms with van der Waals surface area (Å²) >= 11 is 2.00. The molecule has 1 aliphatic rings. The van der Waals surface area contributed by atoms with Gasteiger partial charge in [-0.2, -0.15) is 0 Å². The van der Waals surface area contributed by atoms with Crippen molar-refractivity contribution >= 4 is 22.6 Å². The third-order valence-corrected chi connectivity index (χ3v) is 3.35. The maximum Gasteiger partial charge on any atom is 0.255 e. The monoisotopic (exact) mass is 232 g/mol. The summed E-state index contributed by atoms with van der Waals surface area (Å²) in [6.45, 7) is 1.62. The molecule has 0 aromatic rings. The van der Waals surface area contributed by atoms with Crippen molar-refractivity contribution in [2.75, 3.05) is 4.43 Å². The first-order valence-electron chi connectivity index (χ1n) is 2.46. The molecular weight excluding hydrogens is 225 g/mol. The van der Waals surface area contributed by atoms with Crippen LogP contribution in [-0.2, 0) is 0 Å². The van der Waals surface area contributed by atoms with E-state index in [1.165, 1.54) is 0 Å². The van der Waals surface area contributed by atoms with Crippen molar-refractivity contribution in [1.29, 1.82) is 0 Å². The van der Waals surface area contributed by atoms with Gasteiger partial charge >= 0.3 is 0 Å². The summed E-state index contributed by atoms with van der Waals surface area (Å²) in [5, 5.41) is 0.